The van der Waals surface area contributed by atoms with Gasteiger partial charge < -0.3 is 14.6 Å². The Morgan fingerprint density at radius 2 is 1.76 bits per heavy atom. The maximum Gasteiger partial charge on any atom is 0.416 e. The smallest absolute Gasteiger partial charge is 0.416 e. The molecule has 37 heavy (non-hydrogen) atoms. The average Bonchev–Trinajstić information content (AvgIpc) is 3.34. The lowest BCUT2D eigenvalue weighted by Gasteiger charge is -2.23. The average molecular weight is 510 g/mol. The molecular formula is C30H30F3NO3. The number of rotatable bonds is 6. The van der Waals surface area contributed by atoms with E-state index in [0.717, 1.165) is 53.3 Å². The predicted molar refractivity (Wildman–Crippen MR) is 138 cm³/mol. The molecule has 3 aromatic rings. The summed E-state index contributed by atoms with van der Waals surface area (Å²) in [6, 6.07) is 16.0. The highest BCUT2D eigenvalue weighted by atomic mass is 19.4. The third-order valence-electron chi connectivity index (χ3n) is 7.19. The van der Waals surface area contributed by atoms with Gasteiger partial charge in [0, 0.05) is 12.6 Å². The highest BCUT2D eigenvalue weighted by Crippen LogP contribution is 2.37. The van der Waals surface area contributed by atoms with E-state index >= 15 is 0 Å². The summed E-state index contributed by atoms with van der Waals surface area (Å²) in [5.41, 5.74) is 4.01. The van der Waals surface area contributed by atoms with Crippen LogP contribution >= 0.6 is 0 Å². The van der Waals surface area contributed by atoms with E-state index < -0.39 is 11.7 Å². The van der Waals surface area contributed by atoms with Crippen LogP contribution in [0.2, 0.25) is 0 Å². The number of aliphatic hydroxyl groups excluding tert-OH is 1. The molecule has 5 rings (SSSR count). The van der Waals surface area contributed by atoms with Crippen LogP contribution in [-0.4, -0.2) is 42.4 Å². The summed E-state index contributed by atoms with van der Waals surface area (Å²) in [6.45, 7) is 4.40. The Bertz CT molecular complexity index is 1300. The van der Waals surface area contributed by atoms with E-state index in [2.05, 4.69) is 4.90 Å². The molecule has 2 aliphatic heterocycles. The van der Waals surface area contributed by atoms with Crippen LogP contribution in [0.15, 0.2) is 54.6 Å². The van der Waals surface area contributed by atoms with E-state index in [0.29, 0.717) is 31.3 Å². The third-order valence-corrected chi connectivity index (χ3v) is 7.19. The molecule has 194 valence electrons. The molecule has 1 fully saturated rings. The number of hydrogen-bond acceptors (Lipinski definition) is 4. The van der Waals surface area contributed by atoms with Crippen molar-refractivity contribution in [3.05, 3.63) is 82.4 Å². The molecule has 0 amide bonds. The standard InChI is InChI=1S/C30H30F3NO3/c1-20-22(4-2-6-26(20)23-10-12-28-29(17-23)37-15-14-36-28)8-9-24-16-21(7-11-27(24)30(31,32)33)18-34-13-3-5-25(34)19-35/h2,4,6-12,16-17,25,35H,3,5,13-15,18-19H2,1H3/b9-8+/t25-/m0/s1. The lowest BCUT2D eigenvalue weighted by atomic mass is 9.95. The molecule has 2 heterocycles. The summed E-state index contributed by atoms with van der Waals surface area (Å²) < 4.78 is 52.8. The monoisotopic (exact) mass is 509 g/mol. The molecule has 0 aliphatic carbocycles. The Kier molecular flexibility index (Phi) is 7.26. The van der Waals surface area contributed by atoms with Crippen molar-refractivity contribution in [2.75, 3.05) is 26.4 Å². The molecule has 1 atom stereocenters. The zero-order valence-electron chi connectivity index (χ0n) is 20.7. The van der Waals surface area contributed by atoms with Gasteiger partial charge in [-0.3, -0.25) is 4.90 Å². The number of ether oxygens (including phenoxy) is 2. The molecule has 3 aromatic carbocycles. The number of aliphatic hydroxyl groups is 1. The first-order valence-electron chi connectivity index (χ1n) is 12.6. The summed E-state index contributed by atoms with van der Waals surface area (Å²) in [5.74, 6) is 1.40. The minimum Gasteiger partial charge on any atom is -0.486 e. The topological polar surface area (TPSA) is 41.9 Å². The van der Waals surface area contributed by atoms with Crippen LogP contribution < -0.4 is 9.47 Å². The van der Waals surface area contributed by atoms with Crippen LogP contribution in [0.1, 0.15) is 40.7 Å². The first kappa shape index (κ1) is 25.4. The lowest BCUT2D eigenvalue weighted by Crippen LogP contribution is -2.31. The van der Waals surface area contributed by atoms with Gasteiger partial charge in [0.1, 0.15) is 13.2 Å². The number of likely N-dealkylation sites (tertiary alicyclic amines) is 1. The van der Waals surface area contributed by atoms with Crippen molar-refractivity contribution < 1.29 is 27.8 Å². The van der Waals surface area contributed by atoms with Gasteiger partial charge in [0.2, 0.25) is 0 Å². The van der Waals surface area contributed by atoms with Crippen molar-refractivity contribution in [3.8, 4) is 22.6 Å². The number of alkyl halides is 3. The Morgan fingerprint density at radius 3 is 2.54 bits per heavy atom. The van der Waals surface area contributed by atoms with Crippen LogP contribution in [0.3, 0.4) is 0 Å². The van der Waals surface area contributed by atoms with E-state index in [1.54, 1.807) is 24.3 Å². The van der Waals surface area contributed by atoms with Crippen LogP contribution in [0, 0.1) is 6.92 Å². The van der Waals surface area contributed by atoms with E-state index in [4.69, 9.17) is 9.47 Å². The van der Waals surface area contributed by atoms with Gasteiger partial charge in [-0.05, 0) is 84.0 Å². The van der Waals surface area contributed by atoms with Crippen molar-refractivity contribution in [3.63, 3.8) is 0 Å². The first-order valence-corrected chi connectivity index (χ1v) is 12.6. The second-order valence-electron chi connectivity index (χ2n) is 9.58. The normalized spacial score (nSPS) is 18.0. The van der Waals surface area contributed by atoms with Crippen LogP contribution in [-0.2, 0) is 12.7 Å². The summed E-state index contributed by atoms with van der Waals surface area (Å²) in [5, 5.41) is 9.60. The van der Waals surface area contributed by atoms with Crippen molar-refractivity contribution in [1.29, 1.82) is 0 Å². The molecule has 0 bridgehead atoms. The predicted octanol–water partition coefficient (Wildman–Crippen LogP) is 6.58. The van der Waals surface area contributed by atoms with Crippen LogP contribution in [0.4, 0.5) is 13.2 Å². The zero-order chi connectivity index (χ0) is 26.0. The maximum absolute atomic E-state index is 13.8. The fourth-order valence-corrected chi connectivity index (χ4v) is 5.19. The molecule has 0 radical (unpaired) electrons. The molecule has 0 saturated carbocycles. The Balaban J connectivity index is 1.45. The highest BCUT2D eigenvalue weighted by Gasteiger charge is 2.33. The molecule has 0 spiro atoms. The Hall–Kier alpha value is -3.29. The van der Waals surface area contributed by atoms with Gasteiger partial charge in [-0.2, -0.15) is 13.2 Å². The Labute approximate surface area is 215 Å². The van der Waals surface area contributed by atoms with Gasteiger partial charge in [-0.1, -0.05) is 42.5 Å². The SMILES string of the molecule is Cc1c(/C=C/c2cc(CN3CCC[C@H]3CO)ccc2C(F)(F)F)cccc1-c1ccc2c(c1)OCCO2. The van der Waals surface area contributed by atoms with Crippen LogP contribution in [0.25, 0.3) is 23.3 Å². The fourth-order valence-electron chi connectivity index (χ4n) is 5.19. The summed E-state index contributed by atoms with van der Waals surface area (Å²) >= 11 is 0. The van der Waals surface area contributed by atoms with Gasteiger partial charge in [0.05, 0.1) is 12.2 Å². The summed E-state index contributed by atoms with van der Waals surface area (Å²) in [6.07, 6.45) is 0.732. The second-order valence-corrected chi connectivity index (χ2v) is 9.58. The molecule has 1 N–H and O–H groups in total. The van der Waals surface area contributed by atoms with Crippen LogP contribution in [0.5, 0.6) is 11.5 Å². The van der Waals surface area contributed by atoms with Gasteiger partial charge in [-0.15, -0.1) is 0 Å². The van der Waals surface area contributed by atoms with E-state index in [-0.39, 0.29) is 18.2 Å². The van der Waals surface area contributed by atoms with Gasteiger partial charge in [-0.25, -0.2) is 0 Å². The highest BCUT2D eigenvalue weighted by molar-refractivity contribution is 5.79. The van der Waals surface area contributed by atoms with E-state index in [1.165, 1.54) is 0 Å². The first-order chi connectivity index (χ1) is 17.8. The number of nitrogens with zero attached hydrogens (tertiary/aromatic N) is 1. The van der Waals surface area contributed by atoms with Gasteiger partial charge >= 0.3 is 6.18 Å². The van der Waals surface area contributed by atoms with Crippen molar-refractivity contribution in [2.24, 2.45) is 0 Å². The lowest BCUT2D eigenvalue weighted by molar-refractivity contribution is -0.137. The van der Waals surface area contributed by atoms with Crippen molar-refractivity contribution >= 4 is 12.2 Å². The van der Waals surface area contributed by atoms with Gasteiger partial charge in [0.15, 0.2) is 11.5 Å². The summed E-state index contributed by atoms with van der Waals surface area (Å²) in [4.78, 5) is 2.14. The van der Waals surface area contributed by atoms with Crippen molar-refractivity contribution in [2.45, 2.75) is 38.5 Å². The molecule has 2 aliphatic rings. The number of benzene rings is 3. The minimum absolute atomic E-state index is 0.0619. The zero-order valence-corrected chi connectivity index (χ0v) is 20.7. The molecule has 0 aromatic heterocycles. The largest absolute Gasteiger partial charge is 0.486 e. The minimum atomic E-state index is -4.46. The molecule has 4 nitrogen and oxygen atoms in total. The third kappa shape index (κ3) is 5.53. The van der Waals surface area contributed by atoms with E-state index in [9.17, 15) is 18.3 Å². The molecule has 1 saturated heterocycles. The number of hydrogen-bond donors (Lipinski definition) is 1. The maximum atomic E-state index is 13.8. The quantitative estimate of drug-likeness (QED) is 0.381. The molecule has 0 unspecified atom stereocenters. The molecular weight excluding hydrogens is 479 g/mol. The van der Waals surface area contributed by atoms with Crippen molar-refractivity contribution in [1.82, 2.24) is 4.90 Å². The molecule has 7 heteroatoms. The number of fused-ring (bicyclic) bond motifs is 1. The summed E-state index contributed by atoms with van der Waals surface area (Å²) in [7, 11) is 0. The Morgan fingerprint density at radius 1 is 0.973 bits per heavy atom. The fraction of sp³-hybridized carbons (Fsp3) is 0.333. The number of halogens is 3. The van der Waals surface area contributed by atoms with Gasteiger partial charge in [0.25, 0.3) is 0 Å². The second kappa shape index (κ2) is 10.6. The van der Waals surface area contributed by atoms with E-state index in [1.807, 2.05) is 43.3 Å².